The van der Waals surface area contributed by atoms with E-state index in [1.165, 1.54) is 30.7 Å². The molecule has 0 radical (unpaired) electrons. The second-order valence-corrected chi connectivity index (χ2v) is 4.01. The third-order valence-electron chi connectivity index (χ3n) is 2.58. The summed E-state index contributed by atoms with van der Waals surface area (Å²) in [6.07, 6.45) is 3.02. The number of hydrogen-bond acceptors (Lipinski definition) is 3. The lowest BCUT2D eigenvalue weighted by Crippen LogP contribution is -2.23. The van der Waals surface area contributed by atoms with Gasteiger partial charge in [0.05, 0.1) is 24.6 Å². The van der Waals surface area contributed by atoms with Crippen LogP contribution in [0.2, 0.25) is 0 Å². The van der Waals surface area contributed by atoms with Gasteiger partial charge in [-0.15, -0.1) is 0 Å². The van der Waals surface area contributed by atoms with Gasteiger partial charge in [0.15, 0.2) is 0 Å². The summed E-state index contributed by atoms with van der Waals surface area (Å²) >= 11 is 0. The molecule has 0 saturated carbocycles. The van der Waals surface area contributed by atoms with Gasteiger partial charge in [-0.3, -0.25) is 4.79 Å². The van der Waals surface area contributed by atoms with Crippen molar-refractivity contribution in [3.63, 3.8) is 0 Å². The summed E-state index contributed by atoms with van der Waals surface area (Å²) in [7, 11) is 0. The molecule has 0 fully saturated rings. The van der Waals surface area contributed by atoms with Crippen LogP contribution in [0.3, 0.4) is 0 Å². The van der Waals surface area contributed by atoms with E-state index < -0.39 is 11.7 Å². The van der Waals surface area contributed by atoms with Crippen LogP contribution in [0.15, 0.2) is 41.2 Å². The zero-order chi connectivity index (χ0) is 14.4. The number of halogens is 1. The van der Waals surface area contributed by atoms with Gasteiger partial charge < -0.3 is 15.5 Å². The minimum Gasteiger partial charge on any atom is -0.472 e. The SMILES string of the molecule is NCC#Cc1ccc(F)c(C(=O)NCc2ccoc2)c1. The molecule has 4 nitrogen and oxygen atoms in total. The van der Waals surface area contributed by atoms with E-state index in [0.29, 0.717) is 5.56 Å². The Balaban J connectivity index is 2.12. The van der Waals surface area contributed by atoms with Crippen LogP contribution in [-0.4, -0.2) is 12.5 Å². The minimum absolute atomic E-state index is 0.0442. The van der Waals surface area contributed by atoms with Gasteiger partial charge in [-0.05, 0) is 24.3 Å². The molecule has 5 heteroatoms. The van der Waals surface area contributed by atoms with E-state index in [1.54, 1.807) is 6.07 Å². The molecule has 1 aromatic carbocycles. The van der Waals surface area contributed by atoms with E-state index >= 15 is 0 Å². The van der Waals surface area contributed by atoms with E-state index in [4.69, 9.17) is 10.2 Å². The zero-order valence-electron chi connectivity index (χ0n) is 10.7. The highest BCUT2D eigenvalue weighted by atomic mass is 19.1. The summed E-state index contributed by atoms with van der Waals surface area (Å²) in [6, 6.07) is 5.85. The highest BCUT2D eigenvalue weighted by molar-refractivity contribution is 5.94. The highest BCUT2D eigenvalue weighted by Gasteiger charge is 2.12. The van der Waals surface area contributed by atoms with Crippen LogP contribution in [0.25, 0.3) is 0 Å². The van der Waals surface area contributed by atoms with Crippen molar-refractivity contribution in [3.05, 3.63) is 59.3 Å². The largest absolute Gasteiger partial charge is 0.472 e. The third kappa shape index (κ3) is 3.46. The molecule has 0 saturated heterocycles. The summed E-state index contributed by atoms with van der Waals surface area (Å²) in [6.45, 7) is 0.479. The Morgan fingerprint density at radius 3 is 2.95 bits per heavy atom. The van der Waals surface area contributed by atoms with Crippen LogP contribution in [0.4, 0.5) is 4.39 Å². The van der Waals surface area contributed by atoms with Gasteiger partial charge in [0.2, 0.25) is 0 Å². The molecule has 1 aromatic heterocycles. The van der Waals surface area contributed by atoms with Crippen molar-refractivity contribution >= 4 is 5.91 Å². The standard InChI is InChI=1S/C15H13FN2O2/c16-14-4-3-11(2-1-6-17)8-13(14)15(19)18-9-12-5-7-20-10-12/h3-5,7-8,10H,6,9,17H2,(H,18,19). The van der Waals surface area contributed by atoms with E-state index in [1.807, 2.05) is 0 Å². The maximum Gasteiger partial charge on any atom is 0.254 e. The molecule has 0 spiro atoms. The summed E-state index contributed by atoms with van der Waals surface area (Å²) in [5.41, 5.74) is 6.58. The number of benzene rings is 1. The fourth-order valence-electron chi connectivity index (χ4n) is 1.60. The summed E-state index contributed by atoms with van der Waals surface area (Å²) in [4.78, 5) is 11.9. The van der Waals surface area contributed by atoms with Crippen molar-refractivity contribution in [2.45, 2.75) is 6.54 Å². The monoisotopic (exact) mass is 272 g/mol. The Bertz CT molecular complexity index is 654. The summed E-state index contributed by atoms with van der Waals surface area (Å²) in [5.74, 6) is 4.33. The average molecular weight is 272 g/mol. The molecule has 3 N–H and O–H groups in total. The van der Waals surface area contributed by atoms with Crippen LogP contribution < -0.4 is 11.1 Å². The number of hydrogen-bond donors (Lipinski definition) is 2. The molecular weight excluding hydrogens is 259 g/mol. The first-order valence-corrected chi connectivity index (χ1v) is 5.98. The number of furan rings is 1. The second kappa shape index (κ2) is 6.55. The lowest BCUT2D eigenvalue weighted by Gasteiger charge is -2.05. The maximum absolute atomic E-state index is 13.7. The zero-order valence-corrected chi connectivity index (χ0v) is 10.7. The molecule has 1 amide bonds. The van der Waals surface area contributed by atoms with Gasteiger partial charge in [0.25, 0.3) is 5.91 Å². The van der Waals surface area contributed by atoms with Crippen molar-refractivity contribution < 1.29 is 13.6 Å². The van der Waals surface area contributed by atoms with Crippen molar-refractivity contribution in [3.8, 4) is 11.8 Å². The molecule has 2 aromatic rings. The molecule has 102 valence electrons. The second-order valence-electron chi connectivity index (χ2n) is 4.01. The fraction of sp³-hybridized carbons (Fsp3) is 0.133. The maximum atomic E-state index is 13.7. The van der Waals surface area contributed by atoms with E-state index in [9.17, 15) is 9.18 Å². The number of rotatable bonds is 3. The van der Waals surface area contributed by atoms with Gasteiger partial charge in [-0.1, -0.05) is 11.8 Å². The predicted octanol–water partition coefficient (Wildman–Crippen LogP) is 1.66. The van der Waals surface area contributed by atoms with Crippen molar-refractivity contribution in [2.75, 3.05) is 6.54 Å². The van der Waals surface area contributed by atoms with Gasteiger partial charge in [-0.2, -0.15) is 0 Å². The van der Waals surface area contributed by atoms with Crippen LogP contribution in [0.1, 0.15) is 21.5 Å². The molecule has 0 aliphatic heterocycles. The minimum atomic E-state index is -0.590. The highest BCUT2D eigenvalue weighted by Crippen LogP contribution is 2.10. The molecular formula is C15H13FN2O2. The Morgan fingerprint density at radius 1 is 1.40 bits per heavy atom. The molecule has 0 bridgehead atoms. The van der Waals surface area contributed by atoms with Gasteiger partial charge in [-0.25, -0.2) is 4.39 Å². The van der Waals surface area contributed by atoms with Gasteiger partial charge >= 0.3 is 0 Å². The Labute approximate surface area is 115 Å². The number of carbonyl (C=O) groups is 1. The lowest BCUT2D eigenvalue weighted by molar-refractivity contribution is 0.0947. The van der Waals surface area contributed by atoms with Crippen LogP contribution in [0, 0.1) is 17.7 Å². The first-order chi connectivity index (χ1) is 9.70. The Kier molecular flexibility index (Phi) is 4.53. The number of nitrogens with two attached hydrogens (primary N) is 1. The molecule has 0 unspecified atom stereocenters. The summed E-state index contributed by atoms with van der Waals surface area (Å²) in [5, 5.41) is 2.61. The first kappa shape index (κ1) is 13.8. The Hall–Kier alpha value is -2.58. The van der Waals surface area contributed by atoms with Crippen LogP contribution in [0.5, 0.6) is 0 Å². The average Bonchev–Trinajstić information content (AvgIpc) is 2.97. The number of nitrogens with one attached hydrogen (secondary N) is 1. The topological polar surface area (TPSA) is 68.3 Å². The number of amides is 1. The molecule has 0 aliphatic rings. The van der Waals surface area contributed by atoms with E-state index in [2.05, 4.69) is 17.2 Å². The molecule has 20 heavy (non-hydrogen) atoms. The first-order valence-electron chi connectivity index (χ1n) is 5.98. The van der Waals surface area contributed by atoms with Crippen LogP contribution in [-0.2, 0) is 6.54 Å². The number of carbonyl (C=O) groups excluding carboxylic acids is 1. The molecule has 0 atom stereocenters. The normalized spacial score (nSPS) is 9.70. The quantitative estimate of drug-likeness (QED) is 0.835. The van der Waals surface area contributed by atoms with Crippen LogP contribution >= 0.6 is 0 Å². The third-order valence-corrected chi connectivity index (χ3v) is 2.58. The summed E-state index contributed by atoms with van der Waals surface area (Å²) < 4.78 is 18.5. The molecule has 2 rings (SSSR count). The van der Waals surface area contributed by atoms with Gasteiger partial charge in [0.1, 0.15) is 5.82 Å². The van der Waals surface area contributed by atoms with Crippen molar-refractivity contribution in [1.82, 2.24) is 5.32 Å². The molecule has 0 aliphatic carbocycles. The predicted molar refractivity (Wildman–Crippen MR) is 72.2 cm³/mol. The fourth-order valence-corrected chi connectivity index (χ4v) is 1.60. The Morgan fingerprint density at radius 2 is 2.25 bits per heavy atom. The molecule has 1 heterocycles. The lowest BCUT2D eigenvalue weighted by atomic mass is 10.1. The van der Waals surface area contributed by atoms with Gasteiger partial charge in [0, 0.05) is 17.7 Å². The van der Waals surface area contributed by atoms with E-state index in [-0.39, 0.29) is 18.7 Å². The van der Waals surface area contributed by atoms with Crippen molar-refractivity contribution in [1.29, 1.82) is 0 Å². The van der Waals surface area contributed by atoms with E-state index in [0.717, 1.165) is 5.56 Å². The smallest absolute Gasteiger partial charge is 0.254 e. The van der Waals surface area contributed by atoms with Crippen molar-refractivity contribution in [2.24, 2.45) is 5.73 Å².